The number of amides is 1. The molecule has 0 radical (unpaired) electrons. The van der Waals surface area contributed by atoms with E-state index < -0.39 is 52.6 Å². The highest BCUT2D eigenvalue weighted by molar-refractivity contribution is 7.90. The molecule has 0 bridgehead atoms. The summed E-state index contributed by atoms with van der Waals surface area (Å²) in [7, 11) is -4.16. The minimum Gasteiger partial charge on any atom is -0.441 e. The van der Waals surface area contributed by atoms with Crippen LogP contribution in [0.2, 0.25) is 5.02 Å². The maximum atomic E-state index is 12.9. The first-order chi connectivity index (χ1) is 18.6. The van der Waals surface area contributed by atoms with Crippen LogP contribution in [0.4, 0.5) is 4.79 Å². The number of benzene rings is 1. The summed E-state index contributed by atoms with van der Waals surface area (Å²) in [5.41, 5.74) is 0. The molecule has 1 amide bonds. The van der Waals surface area contributed by atoms with Gasteiger partial charge < -0.3 is 23.7 Å². The fourth-order valence-electron chi connectivity index (χ4n) is 5.29. The zero-order chi connectivity index (χ0) is 28.0. The molecule has 12 heteroatoms. The van der Waals surface area contributed by atoms with Crippen LogP contribution in [0.25, 0.3) is 0 Å². The van der Waals surface area contributed by atoms with Crippen LogP contribution in [0, 0.1) is 0 Å². The number of nitrogens with zero attached hydrogens (tertiary/aromatic N) is 1. The number of unbranched alkanes of at least 4 members (excludes halogenated alkanes) is 4. The molecule has 1 aromatic carbocycles. The number of carbonyl (C=O) groups excluding carboxylic acids is 1. The van der Waals surface area contributed by atoms with E-state index in [0.717, 1.165) is 51.6 Å². The Hall–Kier alpha value is -1.47. The highest BCUT2D eigenvalue weighted by Crippen LogP contribution is 2.40. The Labute approximate surface area is 236 Å². The molecule has 0 spiro atoms. The summed E-state index contributed by atoms with van der Waals surface area (Å²) in [5, 5.41) is 0.384. The quantitative estimate of drug-likeness (QED) is 0.334. The summed E-state index contributed by atoms with van der Waals surface area (Å²) < 4.78 is 58.0. The number of carbonyl (C=O) groups is 1. The molecule has 3 fully saturated rings. The number of likely N-dealkylation sites (tertiary alicyclic amines) is 1. The molecule has 1 aromatic rings. The summed E-state index contributed by atoms with van der Waals surface area (Å²) in [6, 6.07) is 5.52. The highest BCUT2D eigenvalue weighted by atomic mass is 35.5. The molecular weight excluding hydrogens is 548 g/mol. The monoisotopic (exact) mass is 588 g/mol. The van der Waals surface area contributed by atoms with Gasteiger partial charge in [0.2, 0.25) is 0 Å². The molecule has 220 valence electrons. The summed E-state index contributed by atoms with van der Waals surface area (Å²) in [5.74, 6) is -0.835. The van der Waals surface area contributed by atoms with Crippen LogP contribution in [0.5, 0.6) is 0 Å². The number of fused-ring (bicyclic) bond motifs is 1. The van der Waals surface area contributed by atoms with Crippen molar-refractivity contribution in [2.24, 2.45) is 0 Å². The van der Waals surface area contributed by atoms with E-state index >= 15 is 0 Å². The van der Waals surface area contributed by atoms with Crippen LogP contribution in [-0.2, 0) is 33.7 Å². The Balaban J connectivity index is 1.47. The van der Waals surface area contributed by atoms with Gasteiger partial charge in [0, 0.05) is 18.2 Å². The summed E-state index contributed by atoms with van der Waals surface area (Å²) in [6.45, 7) is 8.40. The lowest BCUT2D eigenvalue weighted by molar-refractivity contribution is -0.230. The minimum atomic E-state index is -4.16. The van der Waals surface area contributed by atoms with Crippen molar-refractivity contribution < 1.29 is 36.9 Å². The lowest BCUT2D eigenvalue weighted by Crippen LogP contribution is -2.50. The molecule has 1 N–H and O–H groups in total. The predicted octanol–water partition coefficient (Wildman–Crippen LogP) is 4.45. The van der Waals surface area contributed by atoms with Crippen LogP contribution in [0.3, 0.4) is 0 Å². The van der Waals surface area contributed by atoms with Crippen molar-refractivity contribution in [1.29, 1.82) is 0 Å². The van der Waals surface area contributed by atoms with Crippen molar-refractivity contribution in [3.05, 3.63) is 29.3 Å². The van der Waals surface area contributed by atoms with Crippen LogP contribution in [0.15, 0.2) is 29.2 Å². The lowest BCUT2D eigenvalue weighted by atomic mass is 10.0. The van der Waals surface area contributed by atoms with E-state index in [1.54, 1.807) is 0 Å². The smallest absolute Gasteiger partial charge is 0.421 e. The van der Waals surface area contributed by atoms with Gasteiger partial charge in [-0.2, -0.15) is 0 Å². The summed E-state index contributed by atoms with van der Waals surface area (Å²) in [4.78, 5) is 15.0. The lowest BCUT2D eigenvalue weighted by Gasteiger charge is -2.32. The average Bonchev–Trinajstić information content (AvgIpc) is 3.56. The van der Waals surface area contributed by atoms with Crippen LogP contribution in [0.1, 0.15) is 65.7 Å². The van der Waals surface area contributed by atoms with E-state index in [2.05, 4.69) is 11.8 Å². The van der Waals surface area contributed by atoms with Gasteiger partial charge in [-0.15, -0.1) is 0 Å². The Kier molecular flexibility index (Phi) is 10.5. The molecular formula is C27H41ClN2O8S. The molecule has 3 aliphatic rings. The topological polar surface area (TPSA) is 113 Å². The number of nitrogens with one attached hydrogen (secondary N) is 1. The predicted molar refractivity (Wildman–Crippen MR) is 145 cm³/mol. The highest BCUT2D eigenvalue weighted by Gasteiger charge is 2.58. The molecule has 5 atom stereocenters. The number of hydrogen-bond donors (Lipinski definition) is 1. The van der Waals surface area contributed by atoms with Crippen molar-refractivity contribution in [2.75, 3.05) is 26.2 Å². The largest absolute Gasteiger partial charge is 0.441 e. The van der Waals surface area contributed by atoms with Crippen molar-refractivity contribution in [3.8, 4) is 0 Å². The Morgan fingerprint density at radius 1 is 1.13 bits per heavy atom. The Bertz CT molecular complexity index is 1050. The first-order valence-electron chi connectivity index (χ1n) is 13.9. The number of sulfonamides is 1. The van der Waals surface area contributed by atoms with Gasteiger partial charge >= 0.3 is 6.09 Å². The molecule has 10 nitrogen and oxygen atoms in total. The third-order valence-electron chi connectivity index (χ3n) is 7.19. The molecule has 0 aromatic heterocycles. The summed E-state index contributed by atoms with van der Waals surface area (Å²) in [6.07, 6.45) is 3.21. The van der Waals surface area contributed by atoms with E-state index in [0.29, 0.717) is 18.2 Å². The first kappa shape index (κ1) is 30.5. The van der Waals surface area contributed by atoms with E-state index in [9.17, 15) is 13.2 Å². The van der Waals surface area contributed by atoms with Crippen LogP contribution >= 0.6 is 11.6 Å². The molecule has 0 aliphatic carbocycles. The SMILES string of the molecule is CCCCCCCO[C@@H]1[C@H]2OC(C)(C)O[C@H]2O[C@@H]1C(CN1CCCC1)OC(=O)NS(=O)(=O)c1ccc(Cl)cc1. The van der Waals surface area contributed by atoms with E-state index in [4.69, 9.17) is 35.3 Å². The second kappa shape index (κ2) is 13.5. The average molecular weight is 589 g/mol. The van der Waals surface area contributed by atoms with Crippen molar-refractivity contribution in [3.63, 3.8) is 0 Å². The Morgan fingerprint density at radius 2 is 1.82 bits per heavy atom. The van der Waals surface area contributed by atoms with Gasteiger partial charge in [0.15, 0.2) is 12.1 Å². The molecule has 3 heterocycles. The van der Waals surface area contributed by atoms with Gasteiger partial charge in [-0.05, 0) is 70.5 Å². The van der Waals surface area contributed by atoms with Crippen molar-refractivity contribution in [1.82, 2.24) is 9.62 Å². The number of halogens is 1. The number of ether oxygens (including phenoxy) is 5. The van der Waals surface area contributed by atoms with E-state index in [1.807, 2.05) is 18.6 Å². The third-order valence-corrected chi connectivity index (χ3v) is 8.77. The van der Waals surface area contributed by atoms with Crippen LogP contribution < -0.4 is 4.72 Å². The first-order valence-corrected chi connectivity index (χ1v) is 15.8. The molecule has 3 saturated heterocycles. The van der Waals surface area contributed by atoms with Crippen LogP contribution in [-0.4, -0.2) is 82.1 Å². The second-order valence-corrected chi connectivity index (χ2v) is 12.9. The van der Waals surface area contributed by atoms with Gasteiger partial charge in [-0.1, -0.05) is 44.2 Å². The fourth-order valence-corrected chi connectivity index (χ4v) is 6.30. The van der Waals surface area contributed by atoms with Gasteiger partial charge in [-0.3, -0.25) is 4.90 Å². The van der Waals surface area contributed by atoms with Crippen molar-refractivity contribution >= 4 is 27.7 Å². The second-order valence-electron chi connectivity index (χ2n) is 10.8. The van der Waals surface area contributed by atoms with Crippen molar-refractivity contribution in [2.45, 2.75) is 107 Å². The number of rotatable bonds is 13. The molecule has 3 aliphatic heterocycles. The standard InChI is InChI=1S/C27H41ClN2O8S/c1-4-5-6-7-10-17-34-23-22(36-25-24(23)37-27(2,3)38-25)21(18-30-15-8-9-16-30)35-26(31)29-39(32,33)20-13-11-19(28)12-14-20/h11-14,21-25H,4-10,15-18H2,1-3H3,(H,29,31)/t21?,22-,23+,24-,25-/m1/s1. The van der Waals surface area contributed by atoms with Gasteiger partial charge in [0.05, 0.1) is 4.90 Å². The fraction of sp³-hybridized carbons (Fsp3) is 0.741. The Morgan fingerprint density at radius 3 is 2.51 bits per heavy atom. The number of hydrogen-bond acceptors (Lipinski definition) is 9. The minimum absolute atomic E-state index is 0.0973. The normalized spacial score (nSPS) is 27.4. The van der Waals surface area contributed by atoms with E-state index in [-0.39, 0.29) is 4.90 Å². The molecule has 0 saturated carbocycles. The van der Waals surface area contributed by atoms with E-state index in [1.165, 1.54) is 30.7 Å². The zero-order valence-electron chi connectivity index (χ0n) is 23.0. The third kappa shape index (κ3) is 8.28. The van der Waals surface area contributed by atoms with Gasteiger partial charge in [0.25, 0.3) is 10.0 Å². The van der Waals surface area contributed by atoms with Gasteiger partial charge in [-0.25, -0.2) is 17.9 Å². The molecule has 4 rings (SSSR count). The maximum absolute atomic E-state index is 12.9. The summed E-state index contributed by atoms with van der Waals surface area (Å²) >= 11 is 5.87. The molecule has 1 unspecified atom stereocenters. The zero-order valence-corrected chi connectivity index (χ0v) is 24.5. The molecule has 39 heavy (non-hydrogen) atoms. The maximum Gasteiger partial charge on any atom is 0.421 e. The van der Waals surface area contributed by atoms with Gasteiger partial charge in [0.1, 0.15) is 24.4 Å².